The van der Waals surface area contributed by atoms with E-state index >= 15 is 0 Å². The summed E-state index contributed by atoms with van der Waals surface area (Å²) in [5, 5.41) is 33.3. The van der Waals surface area contributed by atoms with Crippen LogP contribution in [0.15, 0.2) is 48.5 Å². The van der Waals surface area contributed by atoms with Crippen LogP contribution >= 0.6 is 0 Å². The number of carbonyl (C=O) groups is 12. The highest BCUT2D eigenvalue weighted by molar-refractivity contribution is 5.85. The number of rotatable bonds is 76. The van der Waals surface area contributed by atoms with Crippen molar-refractivity contribution < 1.29 is 95.8 Å². The van der Waals surface area contributed by atoms with Crippen LogP contribution in [-0.2, 0) is 76.5 Å². The van der Waals surface area contributed by atoms with Crippen LogP contribution in [0.3, 0.4) is 0 Å². The molecule has 2 aromatic rings. The topological polar surface area (TPSA) is 502 Å². The minimum Gasteiger partial charge on any atom is -0.465 e. The molecule has 139 heavy (non-hydrogen) atoms. The number of hydrogen-bond acceptors (Lipinski definition) is 29. The molecule has 0 aliphatic heterocycles. The lowest BCUT2D eigenvalue weighted by atomic mass is 10.0. The molecule has 0 fully saturated rings. The van der Waals surface area contributed by atoms with Crippen molar-refractivity contribution in [2.45, 2.75) is 437 Å². The third kappa shape index (κ3) is 87.0. The summed E-state index contributed by atoms with van der Waals surface area (Å²) in [5.41, 5.74) is 22.1. The number of unbranched alkanes of at least 4 members (excludes halogenated alkanes) is 23. The van der Waals surface area contributed by atoms with Crippen molar-refractivity contribution in [3.8, 4) is 11.5 Å². The molecule has 0 saturated heterocycles. The summed E-state index contributed by atoms with van der Waals surface area (Å²) in [4.78, 5) is 163. The van der Waals surface area contributed by atoms with Gasteiger partial charge in [0.15, 0.2) is 0 Å². The SMILES string of the molecule is CC(=O)C(N)CCCCN.CC(=O)CCCCCCCCC(=O)NC(CC(C)C)C(=O)OCCCCCCOC(=O)C(CC(C)C)NC(C)C.CC(C)CC(N)C(=O)OCCCCCCOC(=O)C(N)CC(C)C.CCN(CC)CC.CNC(CCCCNC(=O)CCCCCCCCC(=O)C(C)C)C(C)=O.O=C(CCCCCCCCC(=O)Oc1ccc([N+](=O)[O-])cc1)Oc1ccc([N+](=O)[O-])cc1. The van der Waals surface area contributed by atoms with Gasteiger partial charge in [0.05, 0.1) is 48.4 Å². The summed E-state index contributed by atoms with van der Waals surface area (Å²) >= 11 is 0. The number of likely N-dealkylation sites (N-methyl/N-ethyl adjacent to an activating group) is 1. The normalized spacial score (nSPS) is 12.2. The Labute approximate surface area is 835 Å². The summed E-state index contributed by atoms with van der Waals surface area (Å²) in [5.74, 6) is 1.05. The van der Waals surface area contributed by atoms with Crippen molar-refractivity contribution in [2.24, 2.45) is 52.5 Å². The molecule has 0 aliphatic carbocycles. The zero-order valence-electron chi connectivity index (χ0n) is 89.2. The molecule has 802 valence electrons. The molecule has 0 saturated carbocycles. The van der Waals surface area contributed by atoms with Gasteiger partial charge in [0.2, 0.25) is 11.8 Å². The molecule has 6 atom stereocenters. The average Bonchev–Trinajstić information content (AvgIpc) is 0.890. The Morgan fingerprint density at radius 3 is 1.04 bits per heavy atom. The van der Waals surface area contributed by atoms with E-state index in [0.29, 0.717) is 121 Å². The fourth-order valence-corrected chi connectivity index (χ4v) is 14.0. The number of Topliss-reactive ketones (excluding diaryl/α,β-unsaturated/α-hetero) is 4. The third-order valence-corrected chi connectivity index (χ3v) is 22.4. The van der Waals surface area contributed by atoms with Crippen LogP contribution in [0.4, 0.5) is 11.4 Å². The lowest BCUT2D eigenvalue weighted by molar-refractivity contribution is -0.385. The Kier molecular flexibility index (Phi) is 89.1. The molecule has 2 aromatic carbocycles. The van der Waals surface area contributed by atoms with Gasteiger partial charge in [0, 0.05) is 81.3 Å². The molecule has 2 rings (SSSR count). The first-order valence-electron chi connectivity index (χ1n) is 52.2. The first-order valence-corrected chi connectivity index (χ1v) is 52.2. The number of nitrogens with two attached hydrogens (primary N) is 4. The molecular weight excluding hydrogens is 1780 g/mol. The first-order chi connectivity index (χ1) is 65.9. The zero-order valence-corrected chi connectivity index (χ0v) is 89.2. The van der Waals surface area contributed by atoms with Crippen LogP contribution in [-0.4, -0.2) is 194 Å². The maximum atomic E-state index is 12.6. The molecule has 0 radical (unpaired) electrons. The number of benzene rings is 2. The molecule has 0 heterocycles. The van der Waals surface area contributed by atoms with Gasteiger partial charge in [-0.25, -0.2) is 4.79 Å². The van der Waals surface area contributed by atoms with Crippen molar-refractivity contribution in [1.82, 2.24) is 26.2 Å². The monoisotopic (exact) mass is 1970 g/mol. The molecule has 33 nitrogen and oxygen atoms in total. The standard InChI is InChI=1S/C32H60N2O6.C22H24N2O8.C21H40N2O3.C18H36N2O4.C7H16N2O.C6H15N/c1-24(2)22-28(33-26(5)6)31(37)39-20-16-12-13-17-21-40-32(38)29(23-25(3)4)34-30(36)19-15-11-9-8-10-14-18-27(7)35;25-21(31-19-13-9-17(10-14-19)23(27)28)7-5-3-1-2-4-6-8-22(26)32-20-15-11-18(12-16-20)24(29)30;1-17(2)20(25)14-9-7-5-6-8-10-15-21(26)23-16-12-11-13-19(22-4)18(3)24;1-13(2)11-15(19)17(21)23-9-7-5-6-8-10-24-18(22)16(20)12-14(3)4;1-6(10)7(9)4-2-3-5-8;1-4-7(5-2)6-3/h24-26,28-29,33H,8-23H2,1-7H3,(H,34,36);9-16H,1-8H2;17,19,22H,5-16H2,1-4H3,(H,23,26);13-16H,5-12,19-20H2,1-4H3;7H,2-5,8-9H2,1H3;4-6H2,1-3H3. The summed E-state index contributed by atoms with van der Waals surface area (Å²) in [7, 11) is 1.80. The van der Waals surface area contributed by atoms with E-state index < -0.39 is 28.0 Å². The second kappa shape index (κ2) is 90.7. The first kappa shape index (κ1) is 137. The predicted molar refractivity (Wildman–Crippen MR) is 553 cm³/mol. The highest BCUT2D eigenvalue weighted by Gasteiger charge is 2.26. The molecular formula is C106H191N11O22. The number of nitrogens with zero attached hydrogens (tertiary/aromatic N) is 3. The van der Waals surface area contributed by atoms with Gasteiger partial charge in [-0.05, 0) is 250 Å². The Hall–Kier alpha value is -8.60. The second-order valence-corrected chi connectivity index (χ2v) is 38.3. The molecule has 0 aromatic heterocycles. The minimum atomic E-state index is -0.614. The van der Waals surface area contributed by atoms with Gasteiger partial charge in [-0.3, -0.25) is 68.2 Å². The van der Waals surface area contributed by atoms with Crippen molar-refractivity contribution in [3.05, 3.63) is 68.8 Å². The molecule has 0 aliphatic rings. The summed E-state index contributed by atoms with van der Waals surface area (Å²) in [6, 6.07) is 8.64. The molecule has 6 unspecified atom stereocenters. The van der Waals surface area contributed by atoms with Crippen LogP contribution in [0.5, 0.6) is 11.5 Å². The van der Waals surface area contributed by atoms with E-state index in [1.165, 1.54) is 75.1 Å². The largest absolute Gasteiger partial charge is 0.465 e. The maximum Gasteiger partial charge on any atom is 0.328 e. The van der Waals surface area contributed by atoms with Gasteiger partial charge in [-0.2, -0.15) is 0 Å². The molecule has 0 spiro atoms. The molecule has 12 N–H and O–H groups in total. The van der Waals surface area contributed by atoms with Crippen LogP contribution in [0, 0.1) is 49.8 Å². The number of nitrogens with one attached hydrogen (secondary N) is 4. The van der Waals surface area contributed by atoms with Crippen LogP contribution in [0.25, 0.3) is 0 Å². The van der Waals surface area contributed by atoms with Gasteiger partial charge in [0.25, 0.3) is 11.4 Å². The van der Waals surface area contributed by atoms with E-state index in [0.717, 1.165) is 199 Å². The highest BCUT2D eigenvalue weighted by atomic mass is 16.6. The second-order valence-electron chi connectivity index (χ2n) is 38.3. The summed E-state index contributed by atoms with van der Waals surface area (Å²) in [6.45, 7) is 42.1. The van der Waals surface area contributed by atoms with Crippen LogP contribution in [0.1, 0.15) is 394 Å². The fraction of sp³-hybridized carbons (Fsp3) is 0.774. The number of carbonyl (C=O) groups excluding carboxylic acids is 12. The number of ether oxygens (including phenoxy) is 6. The average molecular weight is 1970 g/mol. The zero-order chi connectivity index (χ0) is 106. The summed E-state index contributed by atoms with van der Waals surface area (Å²) < 4.78 is 31.6. The maximum absolute atomic E-state index is 12.6. The summed E-state index contributed by atoms with van der Waals surface area (Å²) in [6.07, 6.45) is 34.7. The van der Waals surface area contributed by atoms with Crippen LogP contribution in [0.2, 0.25) is 0 Å². The van der Waals surface area contributed by atoms with Crippen molar-refractivity contribution in [1.29, 1.82) is 0 Å². The van der Waals surface area contributed by atoms with E-state index in [2.05, 4.69) is 60.8 Å². The van der Waals surface area contributed by atoms with Crippen LogP contribution < -0.4 is 53.7 Å². The van der Waals surface area contributed by atoms with E-state index in [1.807, 2.05) is 69.2 Å². The molecule has 2 amide bonds. The number of esters is 6. The number of nitro benzene ring substituents is 2. The van der Waals surface area contributed by atoms with Crippen molar-refractivity contribution >= 4 is 82.1 Å². The van der Waals surface area contributed by atoms with E-state index in [1.54, 1.807) is 20.9 Å². The number of amides is 2. The lowest BCUT2D eigenvalue weighted by Gasteiger charge is -2.21. The molecule has 33 heteroatoms. The van der Waals surface area contributed by atoms with E-state index in [4.69, 9.17) is 51.4 Å². The smallest absolute Gasteiger partial charge is 0.328 e. The Morgan fingerprint density at radius 1 is 0.374 bits per heavy atom. The Bertz CT molecular complexity index is 3440. The minimum absolute atomic E-state index is 0.0609. The lowest BCUT2D eigenvalue weighted by Crippen LogP contribution is -2.42. The van der Waals surface area contributed by atoms with Crippen molar-refractivity contribution in [3.63, 3.8) is 0 Å². The van der Waals surface area contributed by atoms with Gasteiger partial charge >= 0.3 is 35.8 Å². The number of non-ortho nitro benzene ring substituents is 2. The van der Waals surface area contributed by atoms with Crippen molar-refractivity contribution in [2.75, 3.05) is 66.2 Å². The van der Waals surface area contributed by atoms with Gasteiger partial charge in [0.1, 0.15) is 58.8 Å². The van der Waals surface area contributed by atoms with E-state index in [9.17, 15) is 77.8 Å². The quantitative estimate of drug-likeness (QED) is 0.00761. The molecule has 0 bridgehead atoms. The predicted octanol–water partition coefficient (Wildman–Crippen LogP) is 19.0. The van der Waals surface area contributed by atoms with E-state index in [-0.39, 0.29) is 137 Å². The van der Waals surface area contributed by atoms with Gasteiger partial charge in [-0.1, -0.05) is 187 Å². The van der Waals surface area contributed by atoms with Gasteiger partial charge in [-0.15, -0.1) is 0 Å². The number of hydrogen-bond donors (Lipinski definition) is 8. The highest BCUT2D eigenvalue weighted by Crippen LogP contribution is 2.23. The number of ketones is 4. The third-order valence-electron chi connectivity index (χ3n) is 22.4. The number of nitro groups is 2. The van der Waals surface area contributed by atoms with Gasteiger partial charge < -0.3 is 82.3 Å². The fourth-order valence-electron chi connectivity index (χ4n) is 14.0. The Balaban J connectivity index is -0.000000836. The Morgan fingerprint density at radius 2 is 0.712 bits per heavy atom.